The van der Waals surface area contributed by atoms with E-state index in [2.05, 4.69) is 20.6 Å². The standard InChI is InChI=1S/C16H16ClFN4O2/c17-12-8-10(3-4-13(12)18)21-15(23)14-5-6-19-16(22-14)20-9-11-2-1-7-24-11/h3-6,8,11H,1-2,7,9H2,(H,21,23)(H,19,20,22). The Hall–Kier alpha value is -2.25. The summed E-state index contributed by atoms with van der Waals surface area (Å²) in [5, 5.41) is 5.62. The Labute approximate surface area is 143 Å². The van der Waals surface area contributed by atoms with Crippen LogP contribution in [0.15, 0.2) is 30.5 Å². The minimum atomic E-state index is -0.544. The normalized spacial score (nSPS) is 16.8. The van der Waals surface area contributed by atoms with Crippen molar-refractivity contribution in [3.8, 4) is 0 Å². The second-order valence-corrected chi connectivity index (χ2v) is 5.77. The van der Waals surface area contributed by atoms with E-state index in [9.17, 15) is 9.18 Å². The molecule has 1 aromatic heterocycles. The minimum Gasteiger partial charge on any atom is -0.376 e. The summed E-state index contributed by atoms with van der Waals surface area (Å²) < 4.78 is 18.7. The van der Waals surface area contributed by atoms with Crippen molar-refractivity contribution in [1.29, 1.82) is 0 Å². The van der Waals surface area contributed by atoms with Gasteiger partial charge in [-0.2, -0.15) is 0 Å². The van der Waals surface area contributed by atoms with Crippen LogP contribution in [0.25, 0.3) is 0 Å². The second-order valence-electron chi connectivity index (χ2n) is 5.36. The Balaban J connectivity index is 1.63. The van der Waals surface area contributed by atoms with Gasteiger partial charge < -0.3 is 15.4 Å². The molecule has 3 rings (SSSR count). The number of carbonyl (C=O) groups excluding carboxylic acids is 1. The van der Waals surface area contributed by atoms with Crippen molar-refractivity contribution in [2.45, 2.75) is 18.9 Å². The van der Waals surface area contributed by atoms with Gasteiger partial charge in [-0.25, -0.2) is 14.4 Å². The smallest absolute Gasteiger partial charge is 0.274 e. The Morgan fingerprint density at radius 1 is 1.42 bits per heavy atom. The molecule has 0 radical (unpaired) electrons. The number of halogens is 2. The maximum absolute atomic E-state index is 13.1. The van der Waals surface area contributed by atoms with Crippen molar-refractivity contribution < 1.29 is 13.9 Å². The summed E-state index contributed by atoms with van der Waals surface area (Å²) >= 11 is 5.70. The van der Waals surface area contributed by atoms with E-state index in [1.165, 1.54) is 30.5 Å². The Kier molecular flexibility index (Phi) is 5.22. The van der Waals surface area contributed by atoms with Gasteiger partial charge in [0.25, 0.3) is 5.91 Å². The van der Waals surface area contributed by atoms with Gasteiger partial charge in [0, 0.05) is 25.0 Å². The van der Waals surface area contributed by atoms with Crippen LogP contribution in [0.5, 0.6) is 0 Å². The molecule has 0 bridgehead atoms. The van der Waals surface area contributed by atoms with Crippen LogP contribution in [0, 0.1) is 5.82 Å². The van der Waals surface area contributed by atoms with E-state index in [-0.39, 0.29) is 16.8 Å². The molecule has 2 heterocycles. The quantitative estimate of drug-likeness (QED) is 0.866. The zero-order valence-corrected chi connectivity index (χ0v) is 13.5. The third kappa shape index (κ3) is 4.18. The van der Waals surface area contributed by atoms with Crippen LogP contribution in [0.4, 0.5) is 16.0 Å². The number of rotatable bonds is 5. The van der Waals surface area contributed by atoms with Crippen molar-refractivity contribution in [1.82, 2.24) is 9.97 Å². The molecule has 1 atom stereocenters. The fourth-order valence-corrected chi connectivity index (χ4v) is 2.53. The molecule has 1 saturated heterocycles. The van der Waals surface area contributed by atoms with Crippen LogP contribution in [-0.2, 0) is 4.74 Å². The SMILES string of the molecule is O=C(Nc1ccc(F)c(Cl)c1)c1ccnc(NCC2CCCO2)n1. The van der Waals surface area contributed by atoms with Crippen molar-refractivity contribution >= 4 is 29.1 Å². The highest BCUT2D eigenvalue weighted by Gasteiger charge is 2.16. The van der Waals surface area contributed by atoms with Gasteiger partial charge in [0.2, 0.25) is 5.95 Å². The monoisotopic (exact) mass is 350 g/mol. The number of amides is 1. The number of benzene rings is 1. The number of aromatic nitrogens is 2. The maximum Gasteiger partial charge on any atom is 0.274 e. The van der Waals surface area contributed by atoms with Gasteiger partial charge in [0.1, 0.15) is 11.5 Å². The van der Waals surface area contributed by atoms with Crippen molar-refractivity contribution in [3.63, 3.8) is 0 Å². The van der Waals surface area contributed by atoms with Crippen LogP contribution in [-0.4, -0.2) is 35.1 Å². The molecule has 1 aliphatic heterocycles. The number of carbonyl (C=O) groups is 1. The lowest BCUT2D eigenvalue weighted by Crippen LogP contribution is -2.21. The van der Waals surface area contributed by atoms with Gasteiger partial charge in [-0.05, 0) is 37.1 Å². The third-order valence-electron chi connectivity index (χ3n) is 3.58. The molecule has 24 heavy (non-hydrogen) atoms. The van der Waals surface area contributed by atoms with Crippen molar-refractivity contribution in [2.24, 2.45) is 0 Å². The van der Waals surface area contributed by atoms with Gasteiger partial charge in [-0.1, -0.05) is 11.6 Å². The molecular formula is C16H16ClFN4O2. The van der Waals surface area contributed by atoms with Gasteiger partial charge in [0.15, 0.2) is 0 Å². The summed E-state index contributed by atoms with van der Waals surface area (Å²) in [6.07, 6.45) is 3.69. The van der Waals surface area contributed by atoms with E-state index in [1.807, 2.05) is 0 Å². The van der Waals surface area contributed by atoms with Gasteiger partial charge >= 0.3 is 0 Å². The zero-order valence-electron chi connectivity index (χ0n) is 12.8. The molecule has 2 N–H and O–H groups in total. The summed E-state index contributed by atoms with van der Waals surface area (Å²) in [4.78, 5) is 20.5. The Bertz CT molecular complexity index is 738. The van der Waals surface area contributed by atoms with E-state index in [0.717, 1.165) is 19.4 Å². The molecule has 8 heteroatoms. The van der Waals surface area contributed by atoms with E-state index in [1.54, 1.807) is 0 Å². The minimum absolute atomic E-state index is 0.0607. The largest absolute Gasteiger partial charge is 0.376 e. The zero-order chi connectivity index (χ0) is 16.9. The molecule has 1 aliphatic rings. The van der Waals surface area contributed by atoms with Crippen LogP contribution < -0.4 is 10.6 Å². The number of hydrogen-bond donors (Lipinski definition) is 2. The van der Waals surface area contributed by atoms with Crippen molar-refractivity contribution in [2.75, 3.05) is 23.8 Å². The van der Waals surface area contributed by atoms with E-state index in [4.69, 9.17) is 16.3 Å². The predicted octanol–water partition coefficient (Wildman–Crippen LogP) is 3.11. The number of hydrogen-bond acceptors (Lipinski definition) is 5. The summed E-state index contributed by atoms with van der Waals surface area (Å²) in [7, 11) is 0. The summed E-state index contributed by atoms with van der Waals surface area (Å²) in [6.45, 7) is 1.37. The molecule has 1 fully saturated rings. The lowest BCUT2D eigenvalue weighted by Gasteiger charge is -2.11. The molecule has 1 amide bonds. The number of anilines is 2. The summed E-state index contributed by atoms with van der Waals surface area (Å²) in [5.41, 5.74) is 0.583. The lowest BCUT2D eigenvalue weighted by molar-refractivity contribution is 0.102. The number of ether oxygens (including phenoxy) is 1. The van der Waals surface area contributed by atoms with Crippen molar-refractivity contribution in [3.05, 3.63) is 47.0 Å². The topological polar surface area (TPSA) is 76.1 Å². The molecule has 126 valence electrons. The summed E-state index contributed by atoms with van der Waals surface area (Å²) in [5.74, 6) is -0.618. The maximum atomic E-state index is 13.1. The van der Waals surface area contributed by atoms with Gasteiger partial charge in [0.05, 0.1) is 11.1 Å². The molecule has 0 aliphatic carbocycles. The average Bonchev–Trinajstić information content (AvgIpc) is 3.10. The summed E-state index contributed by atoms with van der Waals surface area (Å²) in [6, 6.07) is 5.45. The first kappa shape index (κ1) is 16.6. The molecule has 1 aromatic carbocycles. The second kappa shape index (κ2) is 7.55. The highest BCUT2D eigenvalue weighted by atomic mass is 35.5. The van der Waals surface area contributed by atoms with E-state index in [0.29, 0.717) is 18.2 Å². The molecule has 1 unspecified atom stereocenters. The first-order valence-electron chi connectivity index (χ1n) is 7.57. The van der Waals surface area contributed by atoms with E-state index >= 15 is 0 Å². The number of nitrogens with zero attached hydrogens (tertiary/aromatic N) is 2. The first-order chi connectivity index (χ1) is 11.6. The Morgan fingerprint density at radius 3 is 3.04 bits per heavy atom. The highest BCUT2D eigenvalue weighted by molar-refractivity contribution is 6.31. The molecule has 0 saturated carbocycles. The van der Waals surface area contributed by atoms with Crippen LogP contribution in [0.2, 0.25) is 5.02 Å². The first-order valence-corrected chi connectivity index (χ1v) is 7.94. The van der Waals surface area contributed by atoms with E-state index < -0.39 is 11.7 Å². The lowest BCUT2D eigenvalue weighted by atomic mass is 10.2. The number of nitrogens with one attached hydrogen (secondary N) is 2. The van der Waals surface area contributed by atoms with Crippen LogP contribution in [0.3, 0.4) is 0 Å². The third-order valence-corrected chi connectivity index (χ3v) is 3.87. The highest BCUT2D eigenvalue weighted by Crippen LogP contribution is 2.20. The molecule has 2 aromatic rings. The van der Waals surface area contributed by atoms with Gasteiger partial charge in [-0.15, -0.1) is 0 Å². The Morgan fingerprint density at radius 2 is 2.29 bits per heavy atom. The fourth-order valence-electron chi connectivity index (χ4n) is 2.35. The molecular weight excluding hydrogens is 335 g/mol. The fraction of sp³-hybridized carbons (Fsp3) is 0.312. The van der Waals surface area contributed by atoms with Crippen LogP contribution in [0.1, 0.15) is 23.3 Å². The molecule has 0 spiro atoms. The predicted molar refractivity (Wildman–Crippen MR) is 88.9 cm³/mol. The van der Waals surface area contributed by atoms with Crippen LogP contribution >= 0.6 is 11.6 Å². The average molecular weight is 351 g/mol. The van der Waals surface area contributed by atoms with Gasteiger partial charge in [-0.3, -0.25) is 4.79 Å². The molecule has 6 nitrogen and oxygen atoms in total.